The van der Waals surface area contributed by atoms with E-state index >= 15 is 0 Å². The van der Waals surface area contributed by atoms with Crippen molar-refractivity contribution in [3.63, 3.8) is 0 Å². The molecule has 0 aromatic heterocycles. The fourth-order valence-electron chi connectivity index (χ4n) is 3.38. The van der Waals surface area contributed by atoms with Crippen molar-refractivity contribution in [2.75, 3.05) is 7.05 Å². The summed E-state index contributed by atoms with van der Waals surface area (Å²) in [5.74, 6) is -0.239. The van der Waals surface area contributed by atoms with Crippen molar-refractivity contribution in [3.8, 4) is 0 Å². The van der Waals surface area contributed by atoms with Crippen molar-refractivity contribution in [2.24, 2.45) is 5.92 Å². The number of hydrogen-bond acceptors (Lipinski definition) is 2. The van der Waals surface area contributed by atoms with Crippen LogP contribution in [0.5, 0.6) is 0 Å². The average molecular weight is 297 g/mol. The minimum atomic E-state index is -0.358. The van der Waals surface area contributed by atoms with Crippen molar-refractivity contribution in [3.05, 3.63) is 34.6 Å². The van der Waals surface area contributed by atoms with Gasteiger partial charge in [-0.3, -0.25) is 4.79 Å². The Hall–Kier alpha value is -1.13. The van der Waals surface area contributed by atoms with Crippen LogP contribution in [0.1, 0.15) is 24.8 Å². The normalized spacial score (nSPS) is 27.9. The molecule has 2 fully saturated rings. The molecule has 3 unspecified atom stereocenters. The zero-order valence-corrected chi connectivity index (χ0v) is 12.2. The summed E-state index contributed by atoms with van der Waals surface area (Å²) in [6.07, 6.45) is 3.13. The maximum Gasteiger partial charge on any atom is 0.227 e. The standard InChI is InChI=1S/C15H18ClFN2O/c1-19(8-11-12(16)3-2-4-13(11)17)15(20)10-7-9-5-6-14(10)18-9/h2-4,9-10,14,18H,5-8H2,1H3. The Morgan fingerprint density at radius 1 is 1.50 bits per heavy atom. The summed E-state index contributed by atoms with van der Waals surface area (Å²) in [4.78, 5) is 14.1. The summed E-state index contributed by atoms with van der Waals surface area (Å²) in [7, 11) is 1.72. The smallest absolute Gasteiger partial charge is 0.227 e. The minimum absolute atomic E-state index is 0.0318. The second-order valence-corrected chi connectivity index (χ2v) is 6.19. The van der Waals surface area contributed by atoms with Crippen molar-refractivity contribution in [1.82, 2.24) is 10.2 Å². The fraction of sp³-hybridized carbons (Fsp3) is 0.533. The van der Waals surface area contributed by atoms with E-state index in [2.05, 4.69) is 5.32 Å². The van der Waals surface area contributed by atoms with E-state index in [4.69, 9.17) is 11.6 Å². The second-order valence-electron chi connectivity index (χ2n) is 5.78. The number of carbonyl (C=O) groups is 1. The summed E-state index contributed by atoms with van der Waals surface area (Å²) >= 11 is 6.01. The largest absolute Gasteiger partial charge is 0.341 e. The first kappa shape index (κ1) is 13.8. The molecule has 1 N–H and O–H groups in total. The molecule has 3 nitrogen and oxygen atoms in total. The van der Waals surface area contributed by atoms with Crippen molar-refractivity contribution in [1.29, 1.82) is 0 Å². The molecular formula is C15H18ClFN2O. The lowest BCUT2D eigenvalue weighted by Gasteiger charge is -2.26. The Labute approximate surface area is 123 Å². The molecule has 0 radical (unpaired) electrons. The van der Waals surface area contributed by atoms with E-state index < -0.39 is 0 Å². The topological polar surface area (TPSA) is 32.3 Å². The molecule has 2 aliphatic heterocycles. The number of nitrogens with zero attached hydrogens (tertiary/aromatic N) is 1. The first-order valence-electron chi connectivity index (χ1n) is 7.00. The summed E-state index contributed by atoms with van der Waals surface area (Å²) in [6.45, 7) is 0.220. The summed E-state index contributed by atoms with van der Waals surface area (Å²) in [6, 6.07) is 5.38. The molecule has 1 aromatic carbocycles. The van der Waals surface area contributed by atoms with Gasteiger partial charge in [-0.15, -0.1) is 0 Å². The van der Waals surface area contributed by atoms with E-state index in [1.165, 1.54) is 6.07 Å². The van der Waals surface area contributed by atoms with E-state index in [-0.39, 0.29) is 24.2 Å². The van der Waals surface area contributed by atoms with Crippen LogP contribution in [0, 0.1) is 11.7 Å². The molecule has 2 saturated heterocycles. The highest BCUT2D eigenvalue weighted by Crippen LogP contribution is 2.34. The molecule has 20 heavy (non-hydrogen) atoms. The van der Waals surface area contributed by atoms with Gasteiger partial charge in [0, 0.05) is 36.3 Å². The molecule has 1 aromatic rings. The van der Waals surface area contributed by atoms with Crippen LogP contribution in [-0.4, -0.2) is 29.9 Å². The predicted molar refractivity (Wildman–Crippen MR) is 75.9 cm³/mol. The van der Waals surface area contributed by atoms with Gasteiger partial charge >= 0.3 is 0 Å². The van der Waals surface area contributed by atoms with Gasteiger partial charge in [0.25, 0.3) is 0 Å². The number of fused-ring (bicyclic) bond motifs is 2. The second kappa shape index (κ2) is 5.34. The molecule has 2 heterocycles. The van der Waals surface area contributed by atoms with Crippen LogP contribution in [0.4, 0.5) is 4.39 Å². The van der Waals surface area contributed by atoms with Gasteiger partial charge in [-0.05, 0) is 31.4 Å². The van der Waals surface area contributed by atoms with Crippen LogP contribution in [0.3, 0.4) is 0 Å². The van der Waals surface area contributed by atoms with Crippen molar-refractivity contribution in [2.45, 2.75) is 37.9 Å². The third-order valence-corrected chi connectivity index (χ3v) is 4.80. The Morgan fingerprint density at radius 3 is 2.90 bits per heavy atom. The van der Waals surface area contributed by atoms with Crippen LogP contribution in [0.15, 0.2) is 18.2 Å². The Kier molecular flexibility index (Phi) is 3.69. The molecular weight excluding hydrogens is 279 g/mol. The molecule has 0 saturated carbocycles. The number of nitrogens with one attached hydrogen (secondary N) is 1. The van der Waals surface area contributed by atoms with Crippen molar-refractivity contribution < 1.29 is 9.18 Å². The molecule has 3 atom stereocenters. The quantitative estimate of drug-likeness (QED) is 0.930. The molecule has 3 rings (SSSR count). The molecule has 1 amide bonds. The van der Waals surface area contributed by atoms with Crippen molar-refractivity contribution >= 4 is 17.5 Å². The number of halogens is 2. The maximum absolute atomic E-state index is 13.8. The average Bonchev–Trinajstić information content (AvgIpc) is 3.04. The number of carbonyl (C=O) groups excluding carboxylic acids is 1. The lowest BCUT2D eigenvalue weighted by Crippen LogP contribution is -2.38. The first-order chi connectivity index (χ1) is 9.56. The van der Waals surface area contributed by atoms with Gasteiger partial charge in [0.1, 0.15) is 5.82 Å². The molecule has 0 aliphatic carbocycles. The lowest BCUT2D eigenvalue weighted by molar-refractivity contribution is -0.135. The van der Waals surface area contributed by atoms with Crippen LogP contribution in [0.25, 0.3) is 0 Å². The zero-order valence-electron chi connectivity index (χ0n) is 11.4. The lowest BCUT2D eigenvalue weighted by atomic mass is 9.88. The van der Waals surface area contributed by atoms with E-state index in [1.807, 2.05) is 0 Å². The Balaban J connectivity index is 1.70. The van der Waals surface area contributed by atoms with Crippen LogP contribution in [-0.2, 0) is 11.3 Å². The van der Waals surface area contributed by atoms with Gasteiger partial charge in [0.15, 0.2) is 0 Å². The third kappa shape index (κ3) is 2.42. The van der Waals surface area contributed by atoms with Gasteiger partial charge in [-0.25, -0.2) is 4.39 Å². The van der Waals surface area contributed by atoms with Crippen LogP contribution < -0.4 is 5.32 Å². The Bertz CT molecular complexity index is 516. The van der Waals surface area contributed by atoms with E-state index in [1.54, 1.807) is 24.1 Å². The third-order valence-electron chi connectivity index (χ3n) is 4.45. The number of benzene rings is 1. The van der Waals surface area contributed by atoms with Gasteiger partial charge in [0.05, 0.1) is 5.92 Å². The predicted octanol–water partition coefficient (Wildman–Crippen LogP) is 2.58. The zero-order chi connectivity index (χ0) is 14.3. The number of amides is 1. The number of hydrogen-bond donors (Lipinski definition) is 1. The molecule has 0 spiro atoms. The van der Waals surface area contributed by atoms with E-state index in [9.17, 15) is 9.18 Å². The first-order valence-corrected chi connectivity index (χ1v) is 7.38. The van der Waals surface area contributed by atoms with Gasteiger partial charge in [0.2, 0.25) is 5.91 Å². The number of rotatable bonds is 3. The minimum Gasteiger partial charge on any atom is -0.341 e. The SMILES string of the molecule is CN(Cc1c(F)cccc1Cl)C(=O)C1CC2CCC1N2. The molecule has 2 aliphatic rings. The molecule has 2 bridgehead atoms. The summed E-state index contributed by atoms with van der Waals surface area (Å²) in [5.41, 5.74) is 0.390. The highest BCUT2D eigenvalue weighted by atomic mass is 35.5. The Morgan fingerprint density at radius 2 is 2.30 bits per heavy atom. The van der Waals surface area contributed by atoms with Gasteiger partial charge in [-0.2, -0.15) is 0 Å². The molecule has 5 heteroatoms. The maximum atomic E-state index is 13.8. The van der Waals surface area contributed by atoms with Crippen LogP contribution in [0.2, 0.25) is 5.02 Å². The van der Waals surface area contributed by atoms with Gasteiger partial charge in [-0.1, -0.05) is 17.7 Å². The monoisotopic (exact) mass is 296 g/mol. The van der Waals surface area contributed by atoms with E-state index in [0.717, 1.165) is 19.3 Å². The fourth-order valence-corrected chi connectivity index (χ4v) is 3.60. The van der Waals surface area contributed by atoms with Gasteiger partial charge < -0.3 is 10.2 Å². The van der Waals surface area contributed by atoms with E-state index in [0.29, 0.717) is 22.7 Å². The van der Waals surface area contributed by atoms with Crippen LogP contribution >= 0.6 is 11.6 Å². The highest BCUT2D eigenvalue weighted by Gasteiger charge is 2.43. The summed E-state index contributed by atoms with van der Waals surface area (Å²) < 4.78 is 13.8. The highest BCUT2D eigenvalue weighted by molar-refractivity contribution is 6.31. The summed E-state index contributed by atoms with van der Waals surface area (Å²) in [5, 5.41) is 3.82. The molecule has 108 valence electrons.